The van der Waals surface area contributed by atoms with Crippen molar-refractivity contribution in [3.63, 3.8) is 0 Å². The third kappa shape index (κ3) is 4.97. The van der Waals surface area contributed by atoms with E-state index in [1.807, 2.05) is 13.8 Å². The Morgan fingerprint density at radius 1 is 1.07 bits per heavy atom. The first-order valence-corrected chi connectivity index (χ1v) is 6.07. The summed E-state index contributed by atoms with van der Waals surface area (Å²) in [6.45, 7) is 4.00. The van der Waals surface area contributed by atoms with E-state index in [2.05, 4.69) is 31.4 Å². The second-order valence-corrected chi connectivity index (χ2v) is 4.12. The smallest absolute Gasteiger partial charge is 0.0104 e. The van der Waals surface area contributed by atoms with Gasteiger partial charge in [-0.05, 0) is 40.4 Å². The van der Waals surface area contributed by atoms with Crippen LogP contribution in [0, 0.1) is 0 Å². The van der Waals surface area contributed by atoms with Gasteiger partial charge < -0.3 is 10.2 Å². The van der Waals surface area contributed by atoms with Crippen LogP contribution in [0.4, 0.5) is 0 Å². The van der Waals surface area contributed by atoms with E-state index in [1.165, 1.54) is 32.1 Å². The molecule has 0 amide bonds. The molecule has 0 bridgehead atoms. The molecule has 2 atom stereocenters. The van der Waals surface area contributed by atoms with Crippen LogP contribution < -0.4 is 5.32 Å². The van der Waals surface area contributed by atoms with Gasteiger partial charge in [0.15, 0.2) is 0 Å². The van der Waals surface area contributed by atoms with Crippen molar-refractivity contribution in [3.8, 4) is 0 Å². The Hall–Kier alpha value is -0.0800. The average molecular weight is 200 g/mol. The molecule has 1 rings (SSSR count). The Bertz CT molecular complexity index is 123. The van der Waals surface area contributed by atoms with E-state index in [-0.39, 0.29) is 0 Å². The number of nitrogens with zero attached hydrogens (tertiary/aromatic N) is 1. The summed E-state index contributed by atoms with van der Waals surface area (Å²) in [5.41, 5.74) is 0. The van der Waals surface area contributed by atoms with Crippen LogP contribution in [0.15, 0.2) is 0 Å². The van der Waals surface area contributed by atoms with Crippen LogP contribution in [0.1, 0.15) is 46.0 Å². The molecule has 0 aromatic heterocycles. The van der Waals surface area contributed by atoms with E-state index >= 15 is 0 Å². The van der Waals surface area contributed by atoms with E-state index in [1.54, 1.807) is 0 Å². The fraction of sp³-hybridized carbons (Fsp3) is 1.00. The number of hydrogen-bond acceptors (Lipinski definition) is 2. The molecule has 2 heteroatoms. The molecule has 2 nitrogen and oxygen atoms in total. The summed E-state index contributed by atoms with van der Waals surface area (Å²) in [5, 5.41) is 3.40. The minimum absolute atomic E-state index is 0.750. The van der Waals surface area contributed by atoms with Crippen molar-refractivity contribution < 1.29 is 0 Å². The molecule has 0 radical (unpaired) electrons. The van der Waals surface area contributed by atoms with Crippen LogP contribution in [-0.4, -0.2) is 38.1 Å². The molecule has 86 valence electrons. The van der Waals surface area contributed by atoms with E-state index in [0.717, 1.165) is 12.1 Å². The van der Waals surface area contributed by atoms with Gasteiger partial charge in [0.1, 0.15) is 0 Å². The van der Waals surface area contributed by atoms with Gasteiger partial charge in [-0.25, -0.2) is 0 Å². The minimum Gasteiger partial charge on any atom is -0.317 e. The molecule has 0 saturated heterocycles. The molecule has 0 heterocycles. The lowest BCUT2D eigenvalue weighted by molar-refractivity contribution is 0.253. The number of nitrogens with one attached hydrogen (secondary N) is 1. The Kier molecular flexibility index (Phi) is 8.20. The number of rotatable bonds is 2. The Morgan fingerprint density at radius 3 is 2.14 bits per heavy atom. The summed E-state index contributed by atoms with van der Waals surface area (Å²) in [6.07, 6.45) is 6.87. The van der Waals surface area contributed by atoms with E-state index in [0.29, 0.717) is 0 Å². The molecular formula is C12H28N2. The predicted molar refractivity (Wildman–Crippen MR) is 64.8 cm³/mol. The van der Waals surface area contributed by atoms with Crippen LogP contribution in [0.3, 0.4) is 0 Å². The highest BCUT2D eigenvalue weighted by atomic mass is 15.1. The fourth-order valence-corrected chi connectivity index (χ4v) is 2.07. The maximum Gasteiger partial charge on any atom is 0.0104 e. The summed E-state index contributed by atoms with van der Waals surface area (Å²) in [6, 6.07) is 1.55. The van der Waals surface area contributed by atoms with Crippen molar-refractivity contribution in [1.82, 2.24) is 10.2 Å². The largest absolute Gasteiger partial charge is 0.317 e. The van der Waals surface area contributed by atoms with Crippen molar-refractivity contribution in [2.45, 2.75) is 58.0 Å². The molecule has 0 aliphatic heterocycles. The van der Waals surface area contributed by atoms with Crippen molar-refractivity contribution >= 4 is 0 Å². The summed E-state index contributed by atoms with van der Waals surface area (Å²) in [5.74, 6) is 0. The molecule has 2 unspecified atom stereocenters. The quantitative estimate of drug-likeness (QED) is 0.689. The predicted octanol–water partition coefficient (Wildman–Crippen LogP) is 2.49. The average Bonchev–Trinajstić information content (AvgIpc) is 2.45. The van der Waals surface area contributed by atoms with Gasteiger partial charge in [0, 0.05) is 12.1 Å². The maximum atomic E-state index is 3.40. The van der Waals surface area contributed by atoms with Gasteiger partial charge in [-0.1, -0.05) is 26.7 Å². The second kappa shape index (κ2) is 8.25. The molecule has 14 heavy (non-hydrogen) atoms. The Balaban J connectivity index is 0.000000791. The summed E-state index contributed by atoms with van der Waals surface area (Å²) in [4.78, 5) is 2.37. The second-order valence-electron chi connectivity index (χ2n) is 4.12. The SMILES string of the molecule is CC.CNC1CCCCC(N(C)C)C1. The molecule has 1 fully saturated rings. The van der Waals surface area contributed by atoms with Crippen molar-refractivity contribution in [2.75, 3.05) is 21.1 Å². The van der Waals surface area contributed by atoms with Crippen LogP contribution in [0.2, 0.25) is 0 Å². The first kappa shape index (κ1) is 13.9. The zero-order valence-corrected chi connectivity index (χ0v) is 10.6. The maximum absolute atomic E-state index is 3.40. The van der Waals surface area contributed by atoms with Crippen molar-refractivity contribution in [2.24, 2.45) is 0 Å². The van der Waals surface area contributed by atoms with Gasteiger partial charge in [0.05, 0.1) is 0 Å². The lowest BCUT2D eigenvalue weighted by atomic mass is 10.1. The first-order chi connectivity index (χ1) is 6.74. The molecule has 0 aromatic carbocycles. The van der Waals surface area contributed by atoms with Crippen LogP contribution >= 0.6 is 0 Å². The van der Waals surface area contributed by atoms with E-state index in [9.17, 15) is 0 Å². The fourth-order valence-electron chi connectivity index (χ4n) is 2.07. The topological polar surface area (TPSA) is 15.3 Å². The van der Waals surface area contributed by atoms with Gasteiger partial charge in [-0.2, -0.15) is 0 Å². The van der Waals surface area contributed by atoms with Crippen LogP contribution in [0.25, 0.3) is 0 Å². The minimum atomic E-state index is 0.750. The van der Waals surface area contributed by atoms with Crippen LogP contribution in [-0.2, 0) is 0 Å². The normalized spacial score (nSPS) is 27.9. The zero-order valence-electron chi connectivity index (χ0n) is 10.6. The van der Waals surface area contributed by atoms with Gasteiger partial charge in [0.2, 0.25) is 0 Å². The molecule has 1 aliphatic carbocycles. The van der Waals surface area contributed by atoms with Crippen molar-refractivity contribution in [1.29, 1.82) is 0 Å². The highest BCUT2D eigenvalue weighted by molar-refractivity contribution is 4.78. The Labute approximate surface area is 90.1 Å². The summed E-state index contributed by atoms with van der Waals surface area (Å²) < 4.78 is 0. The Morgan fingerprint density at radius 2 is 1.64 bits per heavy atom. The highest BCUT2D eigenvalue weighted by Gasteiger charge is 2.19. The monoisotopic (exact) mass is 200 g/mol. The molecule has 0 aromatic rings. The zero-order chi connectivity index (χ0) is 11.0. The van der Waals surface area contributed by atoms with Crippen molar-refractivity contribution in [3.05, 3.63) is 0 Å². The van der Waals surface area contributed by atoms with Gasteiger partial charge in [0.25, 0.3) is 0 Å². The van der Waals surface area contributed by atoms with Gasteiger partial charge >= 0.3 is 0 Å². The van der Waals surface area contributed by atoms with Gasteiger partial charge in [-0.15, -0.1) is 0 Å². The van der Waals surface area contributed by atoms with Crippen LogP contribution in [0.5, 0.6) is 0 Å². The summed E-state index contributed by atoms with van der Waals surface area (Å²) in [7, 11) is 6.48. The summed E-state index contributed by atoms with van der Waals surface area (Å²) >= 11 is 0. The number of hydrogen-bond donors (Lipinski definition) is 1. The third-order valence-electron chi connectivity index (χ3n) is 3.04. The van der Waals surface area contributed by atoms with E-state index < -0.39 is 0 Å². The van der Waals surface area contributed by atoms with Gasteiger partial charge in [-0.3, -0.25) is 0 Å². The molecule has 1 saturated carbocycles. The molecule has 1 aliphatic rings. The van der Waals surface area contributed by atoms with E-state index in [4.69, 9.17) is 0 Å². The third-order valence-corrected chi connectivity index (χ3v) is 3.04. The molecule has 1 N–H and O–H groups in total. The lowest BCUT2D eigenvalue weighted by Crippen LogP contribution is -2.35. The molecular weight excluding hydrogens is 172 g/mol. The first-order valence-electron chi connectivity index (χ1n) is 6.07. The lowest BCUT2D eigenvalue weighted by Gasteiger charge is -2.25. The standard InChI is InChI=1S/C10H22N2.C2H6/c1-11-9-6-4-5-7-10(8-9)12(2)3;1-2/h9-11H,4-8H2,1-3H3;1-2H3. The highest BCUT2D eigenvalue weighted by Crippen LogP contribution is 2.20. The molecule has 0 spiro atoms.